The lowest BCUT2D eigenvalue weighted by molar-refractivity contribution is -0.384. The van der Waals surface area contributed by atoms with E-state index >= 15 is 0 Å². The lowest BCUT2D eigenvalue weighted by Gasteiger charge is -2.24. The summed E-state index contributed by atoms with van der Waals surface area (Å²) in [6, 6.07) is 21.1. The molecule has 4 rings (SSSR count). The van der Waals surface area contributed by atoms with Gasteiger partial charge in [-0.2, -0.15) is 0 Å². The molecule has 0 aliphatic rings. The van der Waals surface area contributed by atoms with Gasteiger partial charge in [0.1, 0.15) is 16.5 Å². The van der Waals surface area contributed by atoms with Gasteiger partial charge in [-0.15, -0.1) is 0 Å². The van der Waals surface area contributed by atoms with Crippen LogP contribution in [0.2, 0.25) is 5.02 Å². The fourth-order valence-corrected chi connectivity index (χ4v) is 4.88. The van der Waals surface area contributed by atoms with Gasteiger partial charge < -0.3 is 4.42 Å². The Kier molecular flexibility index (Phi) is 6.17. The smallest absolute Gasteiger partial charge is 0.289 e. The van der Waals surface area contributed by atoms with Crippen LogP contribution in [0.5, 0.6) is 0 Å². The number of anilines is 1. The number of hydrogen-bond acceptors (Lipinski definition) is 6. The third kappa shape index (κ3) is 4.59. The van der Waals surface area contributed by atoms with Crippen molar-refractivity contribution >= 4 is 33.0 Å². The maximum atomic E-state index is 13.6. The van der Waals surface area contributed by atoms with Crippen molar-refractivity contribution in [1.29, 1.82) is 0 Å². The summed E-state index contributed by atoms with van der Waals surface area (Å²) in [5, 5.41) is 11.2. The Balaban J connectivity index is 1.79. The first-order valence-corrected chi connectivity index (χ1v) is 11.6. The van der Waals surface area contributed by atoms with Crippen LogP contribution in [0, 0.1) is 17.0 Å². The van der Waals surface area contributed by atoms with Gasteiger partial charge in [0, 0.05) is 11.6 Å². The monoisotopic (exact) mass is 483 g/mol. The average molecular weight is 484 g/mol. The van der Waals surface area contributed by atoms with E-state index in [4.69, 9.17) is 16.0 Å². The largest absolute Gasteiger partial charge is 0.441 e. The molecule has 0 amide bonds. The molecule has 0 N–H and O–H groups in total. The Hall–Kier alpha value is -3.69. The van der Waals surface area contributed by atoms with Crippen LogP contribution in [0.3, 0.4) is 0 Å². The molecule has 4 aromatic rings. The highest BCUT2D eigenvalue weighted by molar-refractivity contribution is 7.92. The molecule has 0 bridgehead atoms. The zero-order valence-electron chi connectivity index (χ0n) is 17.4. The molecule has 0 unspecified atom stereocenters. The fourth-order valence-electron chi connectivity index (χ4n) is 3.24. The molecule has 0 fully saturated rings. The van der Waals surface area contributed by atoms with Crippen molar-refractivity contribution in [1.82, 2.24) is 4.98 Å². The molecular formula is C23H18ClN3O5S. The molecule has 3 aromatic carbocycles. The van der Waals surface area contributed by atoms with Gasteiger partial charge in [-0.05, 0) is 43.3 Å². The van der Waals surface area contributed by atoms with Crippen LogP contribution in [-0.4, -0.2) is 18.3 Å². The summed E-state index contributed by atoms with van der Waals surface area (Å²) in [5.74, 6) is 0.836. The average Bonchev–Trinajstić information content (AvgIpc) is 3.18. The predicted molar refractivity (Wildman–Crippen MR) is 125 cm³/mol. The van der Waals surface area contributed by atoms with E-state index in [1.807, 2.05) is 30.3 Å². The molecule has 0 atom stereocenters. The van der Waals surface area contributed by atoms with Crippen molar-refractivity contribution in [2.45, 2.75) is 18.4 Å². The van der Waals surface area contributed by atoms with Crippen molar-refractivity contribution in [3.63, 3.8) is 0 Å². The lowest BCUT2D eigenvalue weighted by atomic mass is 10.2. The molecule has 8 nitrogen and oxygen atoms in total. The van der Waals surface area contributed by atoms with E-state index in [1.54, 1.807) is 37.3 Å². The molecule has 0 spiro atoms. The molecule has 10 heteroatoms. The number of nitrogens with zero attached hydrogens (tertiary/aromatic N) is 3. The maximum Gasteiger partial charge on any atom is 0.289 e. The Bertz CT molecular complexity index is 1410. The van der Waals surface area contributed by atoms with Crippen molar-refractivity contribution in [3.05, 3.63) is 105 Å². The second-order valence-corrected chi connectivity index (χ2v) is 9.37. The van der Waals surface area contributed by atoms with Gasteiger partial charge in [-0.3, -0.25) is 14.4 Å². The minimum absolute atomic E-state index is 0.134. The first kappa shape index (κ1) is 22.5. The third-order valence-electron chi connectivity index (χ3n) is 4.95. The number of benzene rings is 3. The number of rotatable bonds is 7. The Morgan fingerprint density at radius 1 is 1.03 bits per heavy atom. The van der Waals surface area contributed by atoms with Crippen LogP contribution in [0.25, 0.3) is 11.5 Å². The normalized spacial score (nSPS) is 11.3. The molecular weight excluding hydrogens is 466 g/mol. The summed E-state index contributed by atoms with van der Waals surface area (Å²) in [5.41, 5.74) is 1.06. The number of halogens is 1. The van der Waals surface area contributed by atoms with E-state index in [9.17, 15) is 18.5 Å². The number of nitro groups is 1. The lowest BCUT2D eigenvalue weighted by Crippen LogP contribution is -2.31. The van der Waals surface area contributed by atoms with E-state index in [2.05, 4.69) is 4.98 Å². The number of aryl methyl sites for hydroxylation is 1. The highest BCUT2D eigenvalue weighted by atomic mass is 35.5. The topological polar surface area (TPSA) is 107 Å². The van der Waals surface area contributed by atoms with E-state index in [1.165, 1.54) is 12.1 Å². The van der Waals surface area contributed by atoms with Gasteiger partial charge in [0.2, 0.25) is 5.89 Å². The first-order chi connectivity index (χ1) is 15.8. The van der Waals surface area contributed by atoms with Gasteiger partial charge in [0.25, 0.3) is 15.7 Å². The van der Waals surface area contributed by atoms with Gasteiger partial charge in [0.05, 0.1) is 22.1 Å². The number of oxazole rings is 1. The van der Waals surface area contributed by atoms with Gasteiger partial charge in [-0.25, -0.2) is 13.4 Å². The van der Waals surface area contributed by atoms with Crippen molar-refractivity contribution in [3.8, 4) is 11.5 Å². The second-order valence-electron chi connectivity index (χ2n) is 7.11. The summed E-state index contributed by atoms with van der Waals surface area (Å²) < 4.78 is 34.1. The van der Waals surface area contributed by atoms with E-state index < -0.39 is 20.6 Å². The van der Waals surface area contributed by atoms with E-state index in [-0.39, 0.29) is 16.5 Å². The fraction of sp³-hybridized carbons (Fsp3) is 0.0870. The number of hydrogen-bond donors (Lipinski definition) is 0. The summed E-state index contributed by atoms with van der Waals surface area (Å²) in [6.07, 6.45) is 0. The molecule has 1 heterocycles. The molecule has 168 valence electrons. The molecule has 33 heavy (non-hydrogen) atoms. The van der Waals surface area contributed by atoms with Crippen LogP contribution in [0.15, 0.2) is 88.2 Å². The zero-order valence-corrected chi connectivity index (χ0v) is 19.0. The van der Waals surface area contributed by atoms with Crippen LogP contribution < -0.4 is 4.31 Å². The standard InChI is InChI=1S/C23H18ClN3O5S/c1-16-21(25-23(32-16)17-8-4-2-5-9-17)15-26(18-10-6-3-7-11-18)33(30,31)19-12-13-20(24)22(14-19)27(28)29/h2-14H,15H2,1H3. The predicted octanol–water partition coefficient (Wildman–Crippen LogP) is 5.61. The van der Waals surface area contributed by atoms with Crippen molar-refractivity contribution in [2.75, 3.05) is 4.31 Å². The van der Waals surface area contributed by atoms with Gasteiger partial charge in [-0.1, -0.05) is 48.0 Å². The molecule has 0 radical (unpaired) electrons. The number of nitro benzene ring substituents is 1. The number of aromatic nitrogens is 1. The van der Waals surface area contributed by atoms with Gasteiger partial charge >= 0.3 is 0 Å². The summed E-state index contributed by atoms with van der Waals surface area (Å²) in [7, 11) is -4.21. The summed E-state index contributed by atoms with van der Waals surface area (Å²) in [6.45, 7) is 1.57. The highest BCUT2D eigenvalue weighted by Crippen LogP contribution is 2.32. The summed E-state index contributed by atoms with van der Waals surface area (Å²) >= 11 is 5.88. The minimum atomic E-state index is -4.21. The number of sulfonamides is 1. The van der Waals surface area contributed by atoms with Crippen LogP contribution in [0.4, 0.5) is 11.4 Å². The summed E-state index contributed by atoms with van der Waals surface area (Å²) in [4.78, 5) is 14.8. The Morgan fingerprint density at radius 3 is 2.30 bits per heavy atom. The molecule has 0 saturated carbocycles. The van der Waals surface area contributed by atoms with Gasteiger partial charge in [0.15, 0.2) is 0 Å². The second kappa shape index (κ2) is 9.05. The Morgan fingerprint density at radius 2 is 1.67 bits per heavy atom. The quantitative estimate of drug-likeness (QED) is 0.250. The molecule has 1 aromatic heterocycles. The van der Waals surface area contributed by atoms with E-state index in [0.29, 0.717) is 23.0 Å². The van der Waals surface area contributed by atoms with Crippen LogP contribution in [-0.2, 0) is 16.6 Å². The first-order valence-electron chi connectivity index (χ1n) is 9.81. The SMILES string of the molecule is Cc1oc(-c2ccccc2)nc1CN(c1ccccc1)S(=O)(=O)c1ccc(Cl)c([N+](=O)[O-])c1. The van der Waals surface area contributed by atoms with E-state index in [0.717, 1.165) is 15.9 Å². The maximum absolute atomic E-state index is 13.6. The molecule has 0 aliphatic carbocycles. The number of para-hydroxylation sites is 1. The minimum Gasteiger partial charge on any atom is -0.441 e. The van der Waals surface area contributed by atoms with Crippen molar-refractivity contribution in [2.24, 2.45) is 0 Å². The van der Waals surface area contributed by atoms with Crippen molar-refractivity contribution < 1.29 is 17.8 Å². The molecule has 0 aliphatic heterocycles. The highest BCUT2D eigenvalue weighted by Gasteiger charge is 2.29. The Labute approximate surface area is 195 Å². The third-order valence-corrected chi connectivity index (χ3v) is 7.04. The molecule has 0 saturated heterocycles. The van der Waals surface area contributed by atoms with Crippen LogP contribution in [0.1, 0.15) is 11.5 Å². The van der Waals surface area contributed by atoms with Crippen LogP contribution >= 0.6 is 11.6 Å². The zero-order chi connectivity index (χ0) is 23.6.